The Hall–Kier alpha value is -1.82. The maximum absolute atomic E-state index is 11.5. The molecule has 0 aliphatic heterocycles. The summed E-state index contributed by atoms with van der Waals surface area (Å²) in [5.74, 6) is -0.578. The van der Waals surface area contributed by atoms with Gasteiger partial charge in [0.2, 0.25) is 5.91 Å². The van der Waals surface area contributed by atoms with Gasteiger partial charge < -0.3 is 10.1 Å². The molecule has 0 aliphatic carbocycles. The molecule has 0 unspecified atom stereocenters. The van der Waals surface area contributed by atoms with Gasteiger partial charge >= 0.3 is 5.97 Å². The Labute approximate surface area is 116 Å². The van der Waals surface area contributed by atoms with Crippen molar-refractivity contribution in [1.82, 2.24) is 15.1 Å². The molecule has 1 aromatic heterocycles. The summed E-state index contributed by atoms with van der Waals surface area (Å²) < 4.78 is 6.02. The molecule has 0 atom stereocenters. The second-order valence-electron chi connectivity index (χ2n) is 3.83. The highest BCUT2D eigenvalue weighted by molar-refractivity contribution is 6.31. The number of rotatable bonds is 6. The minimum atomic E-state index is -0.450. The van der Waals surface area contributed by atoms with Gasteiger partial charge in [-0.05, 0) is 0 Å². The summed E-state index contributed by atoms with van der Waals surface area (Å²) in [5, 5.41) is 7.35. The van der Waals surface area contributed by atoms with E-state index in [2.05, 4.69) is 15.2 Å². The van der Waals surface area contributed by atoms with Gasteiger partial charge in [-0.1, -0.05) is 17.7 Å². The molecule has 1 N–H and O–H groups in total. The van der Waals surface area contributed by atoms with Crippen LogP contribution in [0, 0.1) is 0 Å². The molecular weight excluding hydrogens is 270 g/mol. The first-order valence-corrected chi connectivity index (χ1v) is 6.10. The highest BCUT2D eigenvalue weighted by Crippen LogP contribution is 2.14. The van der Waals surface area contributed by atoms with Crippen molar-refractivity contribution in [2.24, 2.45) is 7.05 Å². The van der Waals surface area contributed by atoms with Crippen LogP contribution in [-0.2, 0) is 27.8 Å². The van der Waals surface area contributed by atoms with Gasteiger partial charge in [0.05, 0.1) is 17.8 Å². The number of aromatic nitrogens is 2. The first-order chi connectivity index (χ1) is 9.02. The zero-order valence-electron chi connectivity index (χ0n) is 10.9. The van der Waals surface area contributed by atoms with Gasteiger partial charge in [-0.25, -0.2) is 4.79 Å². The lowest BCUT2D eigenvalue weighted by Crippen LogP contribution is -2.23. The maximum atomic E-state index is 11.5. The average Bonchev–Trinajstić information content (AvgIpc) is 2.70. The number of carbonyl (C=O) groups is 2. The average molecular weight is 286 g/mol. The van der Waals surface area contributed by atoms with E-state index in [0.717, 1.165) is 0 Å². The van der Waals surface area contributed by atoms with E-state index in [9.17, 15) is 9.59 Å². The number of halogens is 1. The molecule has 0 aromatic carbocycles. The van der Waals surface area contributed by atoms with Crippen LogP contribution in [-0.4, -0.2) is 35.3 Å². The molecule has 0 saturated carbocycles. The lowest BCUT2D eigenvalue weighted by Gasteiger charge is -2.01. The predicted molar refractivity (Wildman–Crippen MR) is 70.7 cm³/mol. The van der Waals surface area contributed by atoms with Crippen LogP contribution in [0.1, 0.15) is 12.1 Å². The van der Waals surface area contributed by atoms with Crippen LogP contribution in [0.25, 0.3) is 0 Å². The summed E-state index contributed by atoms with van der Waals surface area (Å²) in [5.41, 5.74) is 0.699. The van der Waals surface area contributed by atoms with Crippen molar-refractivity contribution in [3.63, 3.8) is 0 Å². The molecule has 1 heterocycles. The standard InChI is InChI=1S/C12H16ClN3O3/c1-16-8-9(13)10(15-16)5-6-11(17)14-7-3-4-12(18)19-2/h3-4,8H,5-7H2,1-2H3,(H,14,17)/b4-3+. The third kappa shape index (κ3) is 5.56. The third-order valence-electron chi connectivity index (χ3n) is 2.32. The number of ether oxygens (including phenoxy) is 1. The number of carbonyl (C=O) groups excluding carboxylic acids is 2. The zero-order chi connectivity index (χ0) is 14.3. The Morgan fingerprint density at radius 1 is 1.58 bits per heavy atom. The molecule has 1 rings (SSSR count). The minimum Gasteiger partial charge on any atom is -0.466 e. The lowest BCUT2D eigenvalue weighted by atomic mass is 10.2. The largest absolute Gasteiger partial charge is 0.466 e. The Kier molecular flexibility index (Phi) is 6.08. The van der Waals surface area contributed by atoms with Crippen LogP contribution >= 0.6 is 11.6 Å². The van der Waals surface area contributed by atoms with Gasteiger partial charge in [-0.3, -0.25) is 9.48 Å². The normalized spacial score (nSPS) is 10.7. The van der Waals surface area contributed by atoms with Gasteiger partial charge in [-0.15, -0.1) is 0 Å². The fourth-order valence-electron chi connectivity index (χ4n) is 1.39. The summed E-state index contributed by atoms with van der Waals surface area (Å²) in [6, 6.07) is 0. The van der Waals surface area contributed by atoms with Crippen molar-refractivity contribution in [2.75, 3.05) is 13.7 Å². The summed E-state index contributed by atoms with van der Waals surface area (Å²) in [7, 11) is 3.06. The summed E-state index contributed by atoms with van der Waals surface area (Å²) >= 11 is 5.93. The van der Waals surface area contributed by atoms with E-state index in [1.807, 2.05) is 0 Å². The lowest BCUT2D eigenvalue weighted by molar-refractivity contribution is -0.134. The van der Waals surface area contributed by atoms with Gasteiger partial charge in [0, 0.05) is 38.7 Å². The fraction of sp³-hybridized carbons (Fsp3) is 0.417. The Morgan fingerprint density at radius 3 is 2.89 bits per heavy atom. The van der Waals surface area contributed by atoms with Gasteiger partial charge in [-0.2, -0.15) is 5.10 Å². The van der Waals surface area contributed by atoms with Crippen molar-refractivity contribution >= 4 is 23.5 Å². The molecule has 104 valence electrons. The summed E-state index contributed by atoms with van der Waals surface area (Å²) in [4.78, 5) is 22.3. The van der Waals surface area contributed by atoms with E-state index >= 15 is 0 Å². The van der Waals surface area contributed by atoms with Crippen LogP contribution in [0.2, 0.25) is 5.02 Å². The molecule has 0 fully saturated rings. The van der Waals surface area contributed by atoms with E-state index in [1.165, 1.54) is 19.3 Å². The fourth-order valence-corrected chi connectivity index (χ4v) is 1.66. The van der Waals surface area contributed by atoms with Crippen molar-refractivity contribution < 1.29 is 14.3 Å². The quantitative estimate of drug-likeness (QED) is 0.621. The molecule has 0 aliphatic rings. The van der Waals surface area contributed by atoms with Crippen molar-refractivity contribution in [1.29, 1.82) is 0 Å². The second kappa shape index (κ2) is 7.58. The predicted octanol–water partition coefficient (Wildman–Crippen LogP) is 0.851. The first-order valence-electron chi connectivity index (χ1n) is 5.72. The van der Waals surface area contributed by atoms with E-state index in [1.54, 1.807) is 17.9 Å². The minimum absolute atomic E-state index is 0.128. The monoisotopic (exact) mass is 285 g/mol. The summed E-state index contributed by atoms with van der Waals surface area (Å²) in [6.07, 6.45) is 5.25. The number of hydrogen-bond acceptors (Lipinski definition) is 4. The second-order valence-corrected chi connectivity index (χ2v) is 4.23. The number of methoxy groups -OCH3 is 1. The smallest absolute Gasteiger partial charge is 0.330 e. The molecule has 0 spiro atoms. The number of nitrogens with zero attached hydrogens (tertiary/aromatic N) is 2. The van der Waals surface area contributed by atoms with E-state index in [4.69, 9.17) is 11.6 Å². The van der Waals surface area contributed by atoms with E-state index < -0.39 is 5.97 Å². The number of aryl methyl sites for hydroxylation is 2. The third-order valence-corrected chi connectivity index (χ3v) is 2.63. The Bertz CT molecular complexity index is 483. The molecule has 19 heavy (non-hydrogen) atoms. The molecule has 0 radical (unpaired) electrons. The van der Waals surface area contributed by atoms with Gasteiger partial charge in [0.1, 0.15) is 0 Å². The molecule has 0 saturated heterocycles. The number of hydrogen-bond donors (Lipinski definition) is 1. The van der Waals surface area contributed by atoms with E-state index in [0.29, 0.717) is 23.6 Å². The highest BCUT2D eigenvalue weighted by Gasteiger charge is 2.07. The highest BCUT2D eigenvalue weighted by atomic mass is 35.5. The molecule has 0 bridgehead atoms. The number of amides is 1. The van der Waals surface area contributed by atoms with Crippen LogP contribution in [0.15, 0.2) is 18.3 Å². The SMILES string of the molecule is COC(=O)/C=C/CNC(=O)CCc1nn(C)cc1Cl. The van der Waals surface area contributed by atoms with Gasteiger partial charge in [0.15, 0.2) is 0 Å². The topological polar surface area (TPSA) is 73.2 Å². The first kappa shape index (κ1) is 15.2. The van der Waals surface area contributed by atoms with Crippen LogP contribution in [0.3, 0.4) is 0 Å². The summed E-state index contributed by atoms with van der Waals surface area (Å²) in [6.45, 7) is 0.282. The molecule has 6 nitrogen and oxygen atoms in total. The molecule has 7 heteroatoms. The van der Waals surface area contributed by atoms with Crippen LogP contribution in [0.5, 0.6) is 0 Å². The zero-order valence-corrected chi connectivity index (χ0v) is 11.6. The number of nitrogens with one attached hydrogen (secondary N) is 1. The maximum Gasteiger partial charge on any atom is 0.330 e. The molecular formula is C12H16ClN3O3. The Balaban J connectivity index is 2.27. The Morgan fingerprint density at radius 2 is 2.32 bits per heavy atom. The van der Waals surface area contributed by atoms with Gasteiger partial charge in [0.25, 0.3) is 0 Å². The van der Waals surface area contributed by atoms with Crippen molar-refractivity contribution in [3.05, 3.63) is 29.1 Å². The van der Waals surface area contributed by atoms with Crippen LogP contribution < -0.4 is 5.32 Å². The molecule has 1 aromatic rings. The van der Waals surface area contributed by atoms with Crippen LogP contribution in [0.4, 0.5) is 0 Å². The number of esters is 1. The van der Waals surface area contributed by atoms with Crippen molar-refractivity contribution in [2.45, 2.75) is 12.8 Å². The van der Waals surface area contributed by atoms with Crippen molar-refractivity contribution in [3.8, 4) is 0 Å². The van der Waals surface area contributed by atoms with E-state index in [-0.39, 0.29) is 12.5 Å². The molecule has 1 amide bonds.